The third kappa shape index (κ3) is 18.3. The van der Waals surface area contributed by atoms with Crippen LogP contribution in [0.5, 0.6) is 0 Å². The monoisotopic (exact) mass is 740 g/mol. The SMILES string of the molecule is CCCCCCCCC(C[Si](OC)(OC)OC)[Si](OC)(OC)OC.CO[Si](CCCCCC[Si](OC)(OC)OC)(OC)OC.[SiH4]. The van der Waals surface area contributed by atoms with Gasteiger partial charge in [0.25, 0.3) is 0 Å². The average Bonchev–Trinajstić information content (AvgIpc) is 3.08. The van der Waals surface area contributed by atoms with Crippen molar-refractivity contribution in [3.05, 3.63) is 0 Å². The molecule has 0 aliphatic heterocycles. The van der Waals surface area contributed by atoms with E-state index in [1.165, 1.54) is 32.1 Å². The highest BCUT2D eigenvalue weighted by Crippen LogP contribution is 2.38. The number of hydrogen-bond donors (Lipinski definition) is 0. The zero-order valence-electron chi connectivity index (χ0n) is 30.4. The fraction of sp³-hybridized carbons (Fsp3) is 1.00. The van der Waals surface area contributed by atoms with E-state index in [9.17, 15) is 0 Å². The van der Waals surface area contributed by atoms with E-state index >= 15 is 0 Å². The van der Waals surface area contributed by atoms with E-state index in [0.29, 0.717) is 6.04 Å². The molecule has 45 heavy (non-hydrogen) atoms. The normalized spacial score (nSPS) is 13.3. The van der Waals surface area contributed by atoms with Gasteiger partial charge in [-0.2, -0.15) is 0 Å². The van der Waals surface area contributed by atoms with Crippen molar-refractivity contribution in [3.8, 4) is 0 Å². The maximum absolute atomic E-state index is 5.72. The molecule has 17 heteroatoms. The van der Waals surface area contributed by atoms with Gasteiger partial charge in [0.15, 0.2) is 0 Å². The molecular weight excluding hydrogens is 669 g/mol. The van der Waals surface area contributed by atoms with Gasteiger partial charge in [0.05, 0.1) is 0 Å². The van der Waals surface area contributed by atoms with Gasteiger partial charge >= 0.3 is 35.2 Å². The van der Waals surface area contributed by atoms with Gasteiger partial charge in [0.1, 0.15) is 0 Å². The summed E-state index contributed by atoms with van der Waals surface area (Å²) < 4.78 is 66.3. The van der Waals surface area contributed by atoms with Gasteiger partial charge in [-0.1, -0.05) is 58.3 Å². The Bertz CT molecular complexity index is 584. The van der Waals surface area contributed by atoms with Gasteiger partial charge in [0, 0.05) is 109 Å². The van der Waals surface area contributed by atoms with Crippen LogP contribution in [0.1, 0.15) is 77.6 Å². The largest absolute Gasteiger partial charge is 0.503 e. The summed E-state index contributed by atoms with van der Waals surface area (Å²) in [4.78, 5) is 0. The molecule has 0 heterocycles. The number of unbranched alkanes of at least 4 members (excludes halogenated alkanes) is 8. The first kappa shape index (κ1) is 50.0. The van der Waals surface area contributed by atoms with Crippen LogP contribution in [0.4, 0.5) is 0 Å². The van der Waals surface area contributed by atoms with Gasteiger partial charge < -0.3 is 53.1 Å². The Morgan fingerprint density at radius 2 is 0.689 bits per heavy atom. The van der Waals surface area contributed by atoms with E-state index < -0.39 is 35.2 Å². The van der Waals surface area contributed by atoms with Crippen molar-refractivity contribution >= 4 is 46.2 Å². The second kappa shape index (κ2) is 29.5. The zero-order chi connectivity index (χ0) is 34.0. The van der Waals surface area contributed by atoms with Crippen molar-refractivity contribution in [2.75, 3.05) is 85.3 Å². The van der Waals surface area contributed by atoms with Crippen molar-refractivity contribution in [2.24, 2.45) is 0 Å². The Kier molecular flexibility index (Phi) is 32.8. The van der Waals surface area contributed by atoms with E-state index in [1.807, 2.05) is 0 Å². The lowest BCUT2D eigenvalue weighted by molar-refractivity contribution is 0.0957. The van der Waals surface area contributed by atoms with Crippen LogP contribution in [0.15, 0.2) is 0 Å². The molecule has 12 nitrogen and oxygen atoms in total. The van der Waals surface area contributed by atoms with Gasteiger partial charge in [-0.05, 0) is 30.2 Å². The first-order valence-electron chi connectivity index (χ1n) is 15.7. The third-order valence-electron chi connectivity index (χ3n) is 8.27. The van der Waals surface area contributed by atoms with Crippen LogP contribution in [0.3, 0.4) is 0 Å². The highest BCUT2D eigenvalue weighted by molar-refractivity contribution is 6.67. The zero-order valence-corrected chi connectivity index (χ0v) is 34.4. The molecule has 0 saturated carbocycles. The highest BCUT2D eigenvalue weighted by atomic mass is 28.4. The molecule has 0 radical (unpaired) electrons. The maximum Gasteiger partial charge on any atom is 0.503 e. The van der Waals surface area contributed by atoms with Crippen molar-refractivity contribution in [1.29, 1.82) is 0 Å². The Hall–Kier alpha value is 0.604. The molecule has 0 amide bonds. The van der Waals surface area contributed by atoms with E-state index in [2.05, 4.69) is 6.92 Å². The van der Waals surface area contributed by atoms with E-state index in [4.69, 9.17) is 53.1 Å². The topological polar surface area (TPSA) is 111 Å². The summed E-state index contributed by atoms with van der Waals surface area (Å²) in [5.41, 5.74) is 0.0928. The number of rotatable bonds is 29. The molecule has 276 valence electrons. The first-order chi connectivity index (χ1) is 21.1. The fourth-order valence-corrected chi connectivity index (χ4v) is 14.5. The van der Waals surface area contributed by atoms with Crippen LogP contribution >= 0.6 is 0 Å². The molecular formula is C28H72O12Si5. The molecule has 0 aromatic carbocycles. The van der Waals surface area contributed by atoms with Crippen molar-refractivity contribution < 1.29 is 53.1 Å². The van der Waals surface area contributed by atoms with Crippen molar-refractivity contribution in [1.82, 2.24) is 0 Å². The Morgan fingerprint density at radius 1 is 0.378 bits per heavy atom. The van der Waals surface area contributed by atoms with Crippen LogP contribution in [0.2, 0.25) is 23.7 Å². The maximum atomic E-state index is 5.72. The van der Waals surface area contributed by atoms with Crippen LogP contribution in [-0.2, 0) is 53.1 Å². The van der Waals surface area contributed by atoms with Gasteiger partial charge in [-0.3, -0.25) is 0 Å². The molecule has 0 aliphatic carbocycles. The van der Waals surface area contributed by atoms with Gasteiger partial charge in [-0.25, -0.2) is 0 Å². The molecule has 0 saturated heterocycles. The molecule has 0 aromatic heterocycles. The Balaban J connectivity index is -0.000000779. The third-order valence-corrected chi connectivity index (χ3v) is 20.4. The first-order valence-corrected chi connectivity index (χ1v) is 23.3. The smallest absolute Gasteiger partial charge is 0.377 e. The molecule has 0 spiro atoms. The summed E-state index contributed by atoms with van der Waals surface area (Å²) in [5.74, 6) is 0. The van der Waals surface area contributed by atoms with Crippen LogP contribution in [0.25, 0.3) is 0 Å². The molecule has 0 aliphatic rings. The quantitative estimate of drug-likeness (QED) is 0.0783. The Labute approximate surface area is 285 Å². The van der Waals surface area contributed by atoms with Crippen molar-refractivity contribution in [2.45, 2.75) is 101 Å². The fourth-order valence-electron chi connectivity index (χ4n) is 5.28. The molecule has 1 unspecified atom stereocenters. The second-order valence-electron chi connectivity index (χ2n) is 10.5. The summed E-state index contributed by atoms with van der Waals surface area (Å²) >= 11 is 0. The van der Waals surface area contributed by atoms with Gasteiger partial charge in [0.2, 0.25) is 0 Å². The molecule has 1 atom stereocenters. The van der Waals surface area contributed by atoms with Crippen LogP contribution in [-0.4, -0.2) is 132 Å². The lowest BCUT2D eigenvalue weighted by Gasteiger charge is -2.36. The minimum absolute atomic E-state index is 0. The summed E-state index contributed by atoms with van der Waals surface area (Å²) in [7, 11) is 9.45. The molecule has 0 aromatic rings. The van der Waals surface area contributed by atoms with E-state index in [1.54, 1.807) is 85.3 Å². The highest BCUT2D eigenvalue weighted by Gasteiger charge is 2.53. The van der Waals surface area contributed by atoms with Crippen LogP contribution in [0, 0.1) is 0 Å². The molecule has 0 rings (SSSR count). The minimum atomic E-state index is -2.79. The number of hydrogen-bond acceptors (Lipinski definition) is 12. The Morgan fingerprint density at radius 3 is 1.00 bits per heavy atom. The average molecular weight is 741 g/mol. The lowest BCUT2D eigenvalue weighted by atomic mass is 10.1. The second-order valence-corrected chi connectivity index (χ2v) is 22.9. The predicted molar refractivity (Wildman–Crippen MR) is 193 cm³/mol. The molecule has 0 N–H and O–H groups in total. The van der Waals surface area contributed by atoms with E-state index in [-0.39, 0.29) is 16.5 Å². The lowest BCUT2D eigenvalue weighted by Crippen LogP contribution is -2.53. The molecule has 0 bridgehead atoms. The predicted octanol–water partition coefficient (Wildman–Crippen LogP) is 4.71. The van der Waals surface area contributed by atoms with E-state index in [0.717, 1.165) is 50.6 Å². The molecule has 0 fully saturated rings. The van der Waals surface area contributed by atoms with Crippen LogP contribution < -0.4 is 0 Å². The van der Waals surface area contributed by atoms with Gasteiger partial charge in [-0.15, -0.1) is 0 Å². The minimum Gasteiger partial charge on any atom is -0.377 e. The summed E-state index contributed by atoms with van der Waals surface area (Å²) in [6, 6.07) is 2.32. The standard InChI is InChI=1S/C16H38O6Si2.C12H30O6Si2.H4Si/c1-8-9-10-11-12-13-14-16(24(20-5,21-6)22-7)15-23(17-2,18-3)19-4;1-13-19(14-2,15-3)11-9-7-8-10-12-20(16-4,17-5)18-6;/h16H,8-15H2,1-7H3;7-12H2,1-6H3;1H4. The summed E-state index contributed by atoms with van der Waals surface area (Å²) in [5, 5.41) is 0. The summed E-state index contributed by atoms with van der Waals surface area (Å²) in [6.45, 7) is 2.23. The summed E-state index contributed by atoms with van der Waals surface area (Å²) in [6.07, 6.45) is 12.7. The van der Waals surface area contributed by atoms with Crippen molar-refractivity contribution in [3.63, 3.8) is 0 Å².